The SMILES string of the molecule is CC(N)CCCNCC1CC1C. The van der Waals surface area contributed by atoms with Gasteiger partial charge in [-0.15, -0.1) is 0 Å². The third kappa shape index (κ3) is 4.07. The maximum absolute atomic E-state index is 5.64. The van der Waals surface area contributed by atoms with Crippen molar-refractivity contribution >= 4 is 0 Å². The van der Waals surface area contributed by atoms with Crippen LogP contribution in [0, 0.1) is 11.8 Å². The van der Waals surface area contributed by atoms with Gasteiger partial charge >= 0.3 is 0 Å². The van der Waals surface area contributed by atoms with Gasteiger partial charge in [0.15, 0.2) is 0 Å². The Bertz CT molecular complexity index is 123. The van der Waals surface area contributed by atoms with E-state index in [1.54, 1.807) is 0 Å². The van der Waals surface area contributed by atoms with Crippen molar-refractivity contribution in [3.05, 3.63) is 0 Å². The van der Waals surface area contributed by atoms with Crippen molar-refractivity contribution in [1.29, 1.82) is 0 Å². The second-order valence-electron chi connectivity index (χ2n) is 4.30. The zero-order chi connectivity index (χ0) is 8.97. The van der Waals surface area contributed by atoms with Crippen LogP contribution in [0.15, 0.2) is 0 Å². The average molecular weight is 170 g/mol. The average Bonchev–Trinajstić information content (AvgIpc) is 2.65. The fourth-order valence-corrected chi connectivity index (χ4v) is 1.52. The number of hydrogen-bond donors (Lipinski definition) is 2. The van der Waals surface area contributed by atoms with Crippen LogP contribution in [0.4, 0.5) is 0 Å². The predicted molar refractivity (Wildman–Crippen MR) is 53.0 cm³/mol. The Morgan fingerprint density at radius 3 is 2.75 bits per heavy atom. The van der Waals surface area contributed by atoms with E-state index >= 15 is 0 Å². The first-order valence-electron chi connectivity index (χ1n) is 5.16. The van der Waals surface area contributed by atoms with Crippen LogP contribution < -0.4 is 11.1 Å². The minimum absolute atomic E-state index is 0.367. The van der Waals surface area contributed by atoms with Crippen LogP contribution in [0.2, 0.25) is 0 Å². The fraction of sp³-hybridized carbons (Fsp3) is 1.00. The summed E-state index contributed by atoms with van der Waals surface area (Å²) in [5, 5.41) is 3.48. The summed E-state index contributed by atoms with van der Waals surface area (Å²) >= 11 is 0. The van der Waals surface area contributed by atoms with E-state index in [1.165, 1.54) is 19.4 Å². The van der Waals surface area contributed by atoms with Crippen LogP contribution >= 0.6 is 0 Å². The van der Waals surface area contributed by atoms with Gasteiger partial charge in [0.05, 0.1) is 0 Å². The van der Waals surface area contributed by atoms with Crippen molar-refractivity contribution in [1.82, 2.24) is 5.32 Å². The predicted octanol–water partition coefficient (Wildman–Crippen LogP) is 1.36. The number of hydrogen-bond acceptors (Lipinski definition) is 2. The molecule has 1 rings (SSSR count). The first-order chi connectivity index (χ1) is 5.70. The van der Waals surface area contributed by atoms with Gasteiger partial charge in [-0.25, -0.2) is 0 Å². The van der Waals surface area contributed by atoms with Crippen LogP contribution in [0.3, 0.4) is 0 Å². The van der Waals surface area contributed by atoms with E-state index in [4.69, 9.17) is 5.73 Å². The normalized spacial score (nSPS) is 30.2. The molecule has 0 saturated heterocycles. The van der Waals surface area contributed by atoms with Crippen LogP contribution in [-0.4, -0.2) is 19.1 Å². The van der Waals surface area contributed by atoms with Crippen LogP contribution in [0.25, 0.3) is 0 Å². The third-order valence-corrected chi connectivity index (χ3v) is 2.70. The van der Waals surface area contributed by atoms with Gasteiger partial charge in [0.2, 0.25) is 0 Å². The molecule has 0 aliphatic heterocycles. The molecule has 1 aliphatic carbocycles. The lowest BCUT2D eigenvalue weighted by Gasteiger charge is -2.05. The second-order valence-corrected chi connectivity index (χ2v) is 4.30. The Hall–Kier alpha value is -0.0800. The molecule has 0 heterocycles. The lowest BCUT2D eigenvalue weighted by atomic mass is 10.2. The van der Waals surface area contributed by atoms with E-state index in [-0.39, 0.29) is 0 Å². The van der Waals surface area contributed by atoms with Crippen molar-refractivity contribution in [2.75, 3.05) is 13.1 Å². The summed E-state index contributed by atoms with van der Waals surface area (Å²) in [5.41, 5.74) is 5.64. The second kappa shape index (κ2) is 4.83. The first kappa shape index (κ1) is 10.0. The molecule has 3 unspecified atom stereocenters. The molecule has 3 N–H and O–H groups in total. The molecule has 3 atom stereocenters. The summed E-state index contributed by atoms with van der Waals surface area (Å²) in [5.74, 6) is 1.95. The molecule has 0 spiro atoms. The minimum Gasteiger partial charge on any atom is -0.328 e. The highest BCUT2D eigenvalue weighted by molar-refractivity contribution is 4.83. The van der Waals surface area contributed by atoms with E-state index in [0.29, 0.717) is 6.04 Å². The quantitative estimate of drug-likeness (QED) is 0.591. The zero-order valence-electron chi connectivity index (χ0n) is 8.34. The summed E-state index contributed by atoms with van der Waals surface area (Å²) in [6.45, 7) is 6.77. The smallest absolute Gasteiger partial charge is 0.00109 e. The third-order valence-electron chi connectivity index (χ3n) is 2.70. The molecular formula is C10H22N2. The summed E-state index contributed by atoms with van der Waals surface area (Å²) in [7, 11) is 0. The van der Waals surface area contributed by atoms with Crippen LogP contribution in [-0.2, 0) is 0 Å². The van der Waals surface area contributed by atoms with E-state index < -0.39 is 0 Å². The molecule has 0 aromatic carbocycles. The lowest BCUT2D eigenvalue weighted by Crippen LogP contribution is -2.21. The molecule has 1 fully saturated rings. The number of nitrogens with one attached hydrogen (secondary N) is 1. The molecular weight excluding hydrogens is 148 g/mol. The van der Waals surface area contributed by atoms with Crippen molar-refractivity contribution in [2.24, 2.45) is 17.6 Å². The Kier molecular flexibility index (Phi) is 4.02. The van der Waals surface area contributed by atoms with Gasteiger partial charge < -0.3 is 11.1 Å². The Balaban J connectivity index is 1.77. The van der Waals surface area contributed by atoms with Crippen LogP contribution in [0.1, 0.15) is 33.1 Å². The first-order valence-corrected chi connectivity index (χ1v) is 5.16. The Morgan fingerprint density at radius 1 is 1.58 bits per heavy atom. The van der Waals surface area contributed by atoms with E-state index in [1.807, 2.05) is 0 Å². The maximum atomic E-state index is 5.64. The van der Waals surface area contributed by atoms with Gasteiger partial charge in [-0.05, 0) is 51.1 Å². The van der Waals surface area contributed by atoms with Crippen molar-refractivity contribution in [2.45, 2.75) is 39.2 Å². The summed E-state index contributed by atoms with van der Waals surface area (Å²) in [4.78, 5) is 0. The summed E-state index contributed by atoms with van der Waals surface area (Å²) in [6, 6.07) is 0.367. The molecule has 0 amide bonds. The van der Waals surface area contributed by atoms with E-state index in [2.05, 4.69) is 19.2 Å². The van der Waals surface area contributed by atoms with Gasteiger partial charge in [0.1, 0.15) is 0 Å². The molecule has 72 valence electrons. The van der Waals surface area contributed by atoms with Gasteiger partial charge in [0.25, 0.3) is 0 Å². The monoisotopic (exact) mass is 170 g/mol. The molecule has 0 radical (unpaired) electrons. The lowest BCUT2D eigenvalue weighted by molar-refractivity contribution is 0.552. The standard InChI is InChI=1S/C10H22N2/c1-8-6-10(8)7-12-5-3-4-9(2)11/h8-10,12H,3-7,11H2,1-2H3. The van der Waals surface area contributed by atoms with Gasteiger partial charge in [-0.2, -0.15) is 0 Å². The Morgan fingerprint density at radius 2 is 2.25 bits per heavy atom. The van der Waals surface area contributed by atoms with Crippen LogP contribution in [0.5, 0.6) is 0 Å². The largest absolute Gasteiger partial charge is 0.328 e. The molecule has 2 heteroatoms. The molecule has 12 heavy (non-hydrogen) atoms. The highest BCUT2D eigenvalue weighted by Crippen LogP contribution is 2.36. The number of rotatable bonds is 6. The number of nitrogens with two attached hydrogens (primary N) is 1. The highest BCUT2D eigenvalue weighted by Gasteiger charge is 2.31. The van der Waals surface area contributed by atoms with E-state index in [0.717, 1.165) is 24.8 Å². The molecule has 0 bridgehead atoms. The van der Waals surface area contributed by atoms with Gasteiger partial charge in [0, 0.05) is 6.04 Å². The molecule has 0 aromatic rings. The fourth-order valence-electron chi connectivity index (χ4n) is 1.52. The molecule has 2 nitrogen and oxygen atoms in total. The van der Waals surface area contributed by atoms with E-state index in [9.17, 15) is 0 Å². The van der Waals surface area contributed by atoms with Crippen molar-refractivity contribution in [3.8, 4) is 0 Å². The highest BCUT2D eigenvalue weighted by atomic mass is 14.9. The van der Waals surface area contributed by atoms with Gasteiger partial charge in [-0.3, -0.25) is 0 Å². The molecule has 1 saturated carbocycles. The van der Waals surface area contributed by atoms with Gasteiger partial charge in [-0.1, -0.05) is 6.92 Å². The maximum Gasteiger partial charge on any atom is 0.00109 e. The minimum atomic E-state index is 0.367. The Labute approximate surface area is 75.9 Å². The summed E-state index contributed by atoms with van der Waals surface area (Å²) < 4.78 is 0. The zero-order valence-corrected chi connectivity index (χ0v) is 8.34. The topological polar surface area (TPSA) is 38.0 Å². The molecule has 1 aliphatic rings. The van der Waals surface area contributed by atoms with Crippen molar-refractivity contribution in [3.63, 3.8) is 0 Å². The molecule has 0 aromatic heterocycles. The summed E-state index contributed by atoms with van der Waals surface area (Å²) in [6.07, 6.45) is 3.80. The van der Waals surface area contributed by atoms with Crippen molar-refractivity contribution < 1.29 is 0 Å².